The van der Waals surface area contributed by atoms with E-state index in [9.17, 15) is 0 Å². The molecule has 2 aromatic rings. The number of hydrogen-bond acceptors (Lipinski definition) is 3. The molecule has 1 heterocycles. The Kier molecular flexibility index (Phi) is 3.61. The van der Waals surface area contributed by atoms with Crippen LogP contribution in [0.15, 0.2) is 42.5 Å². The van der Waals surface area contributed by atoms with Crippen LogP contribution in [0.1, 0.15) is 16.7 Å². The lowest BCUT2D eigenvalue weighted by atomic mass is 9.89. The molecule has 1 aliphatic heterocycles. The van der Waals surface area contributed by atoms with Gasteiger partial charge < -0.3 is 14.8 Å². The van der Waals surface area contributed by atoms with Crippen LogP contribution in [0.2, 0.25) is 0 Å². The summed E-state index contributed by atoms with van der Waals surface area (Å²) in [5.41, 5.74) is 3.68. The predicted molar refractivity (Wildman–Crippen MR) is 79.1 cm³/mol. The van der Waals surface area contributed by atoms with Gasteiger partial charge in [-0.15, -0.1) is 0 Å². The summed E-state index contributed by atoms with van der Waals surface area (Å²) in [6.07, 6.45) is 0.992. The summed E-state index contributed by atoms with van der Waals surface area (Å²) in [6.45, 7) is 0.937. The zero-order chi connectivity index (χ0) is 13.9. The van der Waals surface area contributed by atoms with E-state index < -0.39 is 0 Å². The first-order valence-corrected chi connectivity index (χ1v) is 6.75. The number of methoxy groups -OCH3 is 2. The van der Waals surface area contributed by atoms with Crippen LogP contribution in [-0.2, 0) is 6.42 Å². The molecule has 0 aromatic heterocycles. The lowest BCUT2D eigenvalue weighted by molar-refractivity contribution is 0.354. The normalized spacial score (nSPS) is 14.7. The summed E-state index contributed by atoms with van der Waals surface area (Å²) in [6, 6.07) is 15.7. The van der Waals surface area contributed by atoms with E-state index in [1.165, 1.54) is 16.7 Å². The van der Waals surface area contributed by atoms with Crippen molar-refractivity contribution in [3.63, 3.8) is 0 Å². The van der Waals surface area contributed by atoms with Gasteiger partial charge in [0.05, 0.1) is 20.3 Å². The van der Waals surface area contributed by atoms with Crippen LogP contribution in [-0.4, -0.2) is 20.8 Å². The monoisotopic (exact) mass is 268 g/mol. The quantitative estimate of drug-likeness (QED) is 0.928. The predicted octanol–water partition coefficient (Wildman–Crippen LogP) is 2.78. The molecule has 0 saturated heterocycles. The minimum absolute atomic E-state index is 0.767. The first-order valence-electron chi connectivity index (χ1n) is 6.75. The molecule has 0 bridgehead atoms. The van der Waals surface area contributed by atoms with E-state index in [4.69, 9.17) is 9.47 Å². The van der Waals surface area contributed by atoms with Crippen LogP contribution in [0.5, 0.6) is 11.5 Å². The molecular formula is C17H18NO2. The zero-order valence-electron chi connectivity index (χ0n) is 11.8. The summed E-state index contributed by atoms with van der Waals surface area (Å²) in [5, 5.41) is 3.50. The van der Waals surface area contributed by atoms with E-state index in [1.807, 2.05) is 6.07 Å². The molecule has 3 heteroatoms. The Balaban J connectivity index is 2.08. The van der Waals surface area contributed by atoms with Gasteiger partial charge in [0.25, 0.3) is 0 Å². The van der Waals surface area contributed by atoms with Crippen molar-refractivity contribution in [2.45, 2.75) is 6.42 Å². The molecule has 0 fully saturated rings. The maximum absolute atomic E-state index is 5.42. The summed E-state index contributed by atoms with van der Waals surface area (Å²) in [4.78, 5) is 0. The van der Waals surface area contributed by atoms with Crippen LogP contribution in [0.25, 0.3) is 0 Å². The van der Waals surface area contributed by atoms with Crippen molar-refractivity contribution < 1.29 is 9.47 Å². The molecule has 1 aliphatic rings. The molecule has 2 aromatic carbocycles. The third-order valence-corrected chi connectivity index (χ3v) is 3.64. The molecule has 0 spiro atoms. The Morgan fingerprint density at radius 2 is 1.65 bits per heavy atom. The number of rotatable bonds is 3. The third-order valence-electron chi connectivity index (χ3n) is 3.64. The highest BCUT2D eigenvalue weighted by Crippen LogP contribution is 2.36. The van der Waals surface area contributed by atoms with Gasteiger partial charge in [-0.2, -0.15) is 0 Å². The summed E-state index contributed by atoms with van der Waals surface area (Å²) >= 11 is 0. The average molecular weight is 268 g/mol. The Hall–Kier alpha value is -2.00. The molecule has 0 amide bonds. The highest BCUT2D eigenvalue weighted by atomic mass is 16.5. The Morgan fingerprint density at radius 1 is 0.950 bits per heavy atom. The van der Waals surface area contributed by atoms with Crippen LogP contribution in [0, 0.1) is 6.04 Å². The van der Waals surface area contributed by atoms with Gasteiger partial charge in [-0.25, -0.2) is 0 Å². The van der Waals surface area contributed by atoms with Crippen molar-refractivity contribution in [1.29, 1.82) is 0 Å². The number of nitrogens with one attached hydrogen (secondary N) is 1. The molecule has 0 atom stereocenters. The Morgan fingerprint density at radius 3 is 2.35 bits per heavy atom. The first kappa shape index (κ1) is 13.0. The molecule has 1 radical (unpaired) electrons. The zero-order valence-corrected chi connectivity index (χ0v) is 11.8. The molecule has 20 heavy (non-hydrogen) atoms. The lowest BCUT2D eigenvalue weighted by Gasteiger charge is -2.27. The molecular weight excluding hydrogens is 250 g/mol. The van der Waals surface area contributed by atoms with Gasteiger partial charge in [-0.05, 0) is 35.2 Å². The SMILES string of the molecule is COc1cc2c(cc1OC)[C](c1ccccc1)NCC2. The lowest BCUT2D eigenvalue weighted by Crippen LogP contribution is -2.31. The number of fused-ring (bicyclic) bond motifs is 1. The van der Waals surface area contributed by atoms with Gasteiger partial charge in [0.15, 0.2) is 11.5 Å². The van der Waals surface area contributed by atoms with E-state index in [2.05, 4.69) is 41.7 Å². The van der Waals surface area contributed by atoms with Crippen LogP contribution < -0.4 is 14.8 Å². The van der Waals surface area contributed by atoms with Crippen LogP contribution >= 0.6 is 0 Å². The number of benzene rings is 2. The molecule has 0 saturated carbocycles. The number of hydrogen-bond donors (Lipinski definition) is 1. The fourth-order valence-corrected chi connectivity index (χ4v) is 2.64. The van der Waals surface area contributed by atoms with Crippen molar-refractivity contribution in [2.24, 2.45) is 0 Å². The van der Waals surface area contributed by atoms with E-state index in [1.54, 1.807) is 14.2 Å². The minimum Gasteiger partial charge on any atom is -0.493 e. The topological polar surface area (TPSA) is 30.5 Å². The molecule has 1 N–H and O–H groups in total. The van der Waals surface area contributed by atoms with Crippen molar-refractivity contribution in [3.8, 4) is 11.5 Å². The van der Waals surface area contributed by atoms with Crippen LogP contribution in [0.4, 0.5) is 0 Å². The van der Waals surface area contributed by atoms with E-state index in [-0.39, 0.29) is 0 Å². The van der Waals surface area contributed by atoms with Gasteiger partial charge in [-0.3, -0.25) is 0 Å². The smallest absolute Gasteiger partial charge is 0.161 e. The van der Waals surface area contributed by atoms with E-state index >= 15 is 0 Å². The molecule has 103 valence electrons. The van der Waals surface area contributed by atoms with Crippen molar-refractivity contribution in [2.75, 3.05) is 20.8 Å². The molecule has 0 unspecified atom stereocenters. The van der Waals surface area contributed by atoms with E-state index in [0.717, 1.165) is 30.5 Å². The first-order chi connectivity index (χ1) is 9.83. The maximum atomic E-state index is 5.42. The summed E-state index contributed by atoms with van der Waals surface area (Å²) in [7, 11) is 3.34. The largest absolute Gasteiger partial charge is 0.493 e. The Bertz CT molecular complexity index is 595. The molecule has 3 rings (SSSR count). The minimum atomic E-state index is 0.767. The van der Waals surface area contributed by atoms with Gasteiger partial charge in [0.1, 0.15) is 0 Å². The Labute approximate surface area is 119 Å². The number of ether oxygens (including phenoxy) is 2. The second-order valence-corrected chi connectivity index (χ2v) is 4.78. The standard InChI is InChI=1S/C17H18NO2/c1-19-15-10-13-8-9-18-17(12-6-4-3-5-7-12)14(13)11-16(15)20-2/h3-7,10-11,18H,8-9H2,1-2H3. The van der Waals surface area contributed by atoms with Gasteiger partial charge in [0, 0.05) is 6.54 Å². The van der Waals surface area contributed by atoms with Crippen molar-refractivity contribution in [3.05, 3.63) is 65.2 Å². The fourth-order valence-electron chi connectivity index (χ4n) is 2.64. The van der Waals surface area contributed by atoms with Gasteiger partial charge in [0.2, 0.25) is 0 Å². The summed E-state index contributed by atoms with van der Waals surface area (Å²) < 4.78 is 10.8. The molecule has 0 aliphatic carbocycles. The van der Waals surface area contributed by atoms with Gasteiger partial charge in [-0.1, -0.05) is 30.3 Å². The third kappa shape index (κ3) is 2.25. The second kappa shape index (κ2) is 5.55. The summed E-state index contributed by atoms with van der Waals surface area (Å²) in [5.74, 6) is 1.56. The molecule has 3 nitrogen and oxygen atoms in total. The van der Waals surface area contributed by atoms with Gasteiger partial charge >= 0.3 is 0 Å². The highest BCUT2D eigenvalue weighted by Gasteiger charge is 2.24. The average Bonchev–Trinajstić information content (AvgIpc) is 2.53. The highest BCUT2D eigenvalue weighted by molar-refractivity contribution is 5.57. The van der Waals surface area contributed by atoms with Crippen molar-refractivity contribution >= 4 is 0 Å². The second-order valence-electron chi connectivity index (χ2n) is 4.78. The maximum Gasteiger partial charge on any atom is 0.161 e. The van der Waals surface area contributed by atoms with Crippen LogP contribution in [0.3, 0.4) is 0 Å². The fraction of sp³-hybridized carbons (Fsp3) is 0.235. The van der Waals surface area contributed by atoms with Crippen molar-refractivity contribution in [1.82, 2.24) is 5.32 Å². The van der Waals surface area contributed by atoms with E-state index in [0.29, 0.717) is 0 Å².